The van der Waals surface area contributed by atoms with Gasteiger partial charge in [-0.2, -0.15) is 4.31 Å². The van der Waals surface area contributed by atoms with E-state index in [0.717, 1.165) is 37.7 Å². The molecule has 0 aliphatic rings. The largest absolute Gasteiger partial charge is 0.324 e. The second-order valence-corrected chi connectivity index (χ2v) is 8.26. The molecule has 6 heteroatoms. The maximum Gasteiger partial charge on any atom is 0.239 e. The molecule has 26 heavy (non-hydrogen) atoms. The molecular formula is C20H24N2O3S. The maximum absolute atomic E-state index is 12.3. The van der Waals surface area contributed by atoms with Crippen LogP contribution in [-0.4, -0.2) is 32.2 Å². The van der Waals surface area contributed by atoms with Gasteiger partial charge < -0.3 is 5.32 Å². The molecule has 5 nitrogen and oxygen atoms in total. The minimum atomic E-state index is -3.68. The van der Waals surface area contributed by atoms with Gasteiger partial charge in [-0.3, -0.25) is 4.79 Å². The predicted octanol–water partition coefficient (Wildman–Crippen LogP) is 3.48. The topological polar surface area (TPSA) is 66.5 Å². The minimum absolute atomic E-state index is 0.256. The highest BCUT2D eigenvalue weighted by Gasteiger charge is 2.18. The third-order valence-electron chi connectivity index (χ3n) is 3.97. The summed E-state index contributed by atoms with van der Waals surface area (Å²) in [5.74, 6) is -0.376. The molecule has 1 amide bonds. The van der Waals surface area contributed by atoms with Crippen molar-refractivity contribution in [2.45, 2.75) is 20.8 Å². The van der Waals surface area contributed by atoms with E-state index in [1.807, 2.05) is 63.2 Å². The molecule has 2 rings (SSSR count). The third kappa shape index (κ3) is 5.28. The number of carbonyl (C=O) groups excluding carboxylic acids is 1. The lowest BCUT2D eigenvalue weighted by Gasteiger charge is -2.17. The lowest BCUT2D eigenvalue weighted by atomic mass is 10.1. The number of benzene rings is 2. The molecule has 0 aliphatic carbocycles. The van der Waals surface area contributed by atoms with E-state index in [0.29, 0.717) is 0 Å². The molecule has 1 N–H and O–H groups in total. The van der Waals surface area contributed by atoms with Crippen molar-refractivity contribution in [2.24, 2.45) is 0 Å². The van der Waals surface area contributed by atoms with Gasteiger partial charge in [-0.15, -0.1) is 0 Å². The summed E-state index contributed by atoms with van der Waals surface area (Å²) in [6.07, 6.45) is 1.51. The summed E-state index contributed by atoms with van der Waals surface area (Å²) in [5.41, 5.74) is 4.52. The van der Waals surface area contributed by atoms with E-state index in [9.17, 15) is 13.2 Å². The van der Waals surface area contributed by atoms with Gasteiger partial charge in [0.15, 0.2) is 0 Å². The van der Waals surface area contributed by atoms with Crippen LogP contribution in [0.4, 0.5) is 5.69 Å². The maximum atomic E-state index is 12.3. The highest BCUT2D eigenvalue weighted by atomic mass is 32.2. The molecule has 2 aromatic carbocycles. The zero-order chi connectivity index (χ0) is 19.3. The van der Waals surface area contributed by atoms with Crippen LogP contribution in [0.2, 0.25) is 0 Å². The van der Waals surface area contributed by atoms with Gasteiger partial charge in [0.25, 0.3) is 0 Å². The molecule has 0 unspecified atom stereocenters. The fourth-order valence-corrected chi connectivity index (χ4v) is 3.52. The lowest BCUT2D eigenvalue weighted by Crippen LogP contribution is -2.34. The quantitative estimate of drug-likeness (QED) is 0.844. The first-order valence-electron chi connectivity index (χ1n) is 8.26. The fourth-order valence-electron chi connectivity index (χ4n) is 2.68. The lowest BCUT2D eigenvalue weighted by molar-refractivity contribution is -0.116. The van der Waals surface area contributed by atoms with Crippen LogP contribution >= 0.6 is 0 Å². The average Bonchev–Trinajstić information content (AvgIpc) is 2.57. The number of carbonyl (C=O) groups is 1. The van der Waals surface area contributed by atoms with Gasteiger partial charge in [0.05, 0.1) is 6.54 Å². The van der Waals surface area contributed by atoms with Crippen LogP contribution < -0.4 is 5.32 Å². The summed E-state index contributed by atoms with van der Waals surface area (Å²) in [4.78, 5) is 12.3. The molecule has 0 bridgehead atoms. The molecule has 0 aliphatic heterocycles. The molecule has 0 fully saturated rings. The highest BCUT2D eigenvalue weighted by Crippen LogP contribution is 2.21. The summed E-state index contributed by atoms with van der Waals surface area (Å²) in [6, 6.07) is 13.1. The predicted molar refractivity (Wildman–Crippen MR) is 106 cm³/mol. The summed E-state index contributed by atoms with van der Waals surface area (Å²) < 4.78 is 25.7. The zero-order valence-electron chi connectivity index (χ0n) is 15.5. The normalized spacial score (nSPS) is 11.9. The number of hydrogen-bond acceptors (Lipinski definition) is 3. The standard InChI is InChI=1S/C20H24N2O3S/c1-15-12-16(2)20(17(3)13-15)21-19(23)14-22(4)26(24,25)11-10-18-8-6-5-7-9-18/h5-13H,14H2,1-4H3,(H,21,23)/b11-10+. The Morgan fingerprint density at radius 3 is 2.23 bits per heavy atom. The number of sulfonamides is 1. The molecule has 0 saturated carbocycles. The van der Waals surface area contributed by atoms with Crippen molar-refractivity contribution in [3.63, 3.8) is 0 Å². The van der Waals surface area contributed by atoms with Gasteiger partial charge in [0.1, 0.15) is 0 Å². The second kappa shape index (κ2) is 8.29. The smallest absolute Gasteiger partial charge is 0.239 e. The Kier molecular flexibility index (Phi) is 6.34. The van der Waals surface area contributed by atoms with E-state index in [1.54, 1.807) is 0 Å². The average molecular weight is 372 g/mol. The van der Waals surface area contributed by atoms with Crippen molar-refractivity contribution in [1.82, 2.24) is 4.31 Å². The summed E-state index contributed by atoms with van der Waals surface area (Å²) in [7, 11) is -2.29. The highest BCUT2D eigenvalue weighted by molar-refractivity contribution is 7.92. The fraction of sp³-hybridized carbons (Fsp3) is 0.250. The Bertz CT molecular complexity index is 896. The number of rotatable bonds is 6. The number of anilines is 1. The van der Waals surface area contributed by atoms with Crippen LogP contribution in [0.25, 0.3) is 6.08 Å². The number of hydrogen-bond donors (Lipinski definition) is 1. The Morgan fingerprint density at radius 2 is 1.65 bits per heavy atom. The molecule has 0 atom stereocenters. The van der Waals surface area contributed by atoms with Crippen LogP contribution in [0.3, 0.4) is 0 Å². The molecule has 0 heterocycles. The Morgan fingerprint density at radius 1 is 1.08 bits per heavy atom. The van der Waals surface area contributed by atoms with Crippen molar-refractivity contribution in [2.75, 3.05) is 18.9 Å². The van der Waals surface area contributed by atoms with Gasteiger partial charge in [-0.05, 0) is 43.5 Å². The van der Waals surface area contributed by atoms with E-state index in [1.165, 1.54) is 13.1 Å². The second-order valence-electron chi connectivity index (χ2n) is 6.34. The van der Waals surface area contributed by atoms with Crippen LogP contribution in [0.5, 0.6) is 0 Å². The van der Waals surface area contributed by atoms with Gasteiger partial charge >= 0.3 is 0 Å². The van der Waals surface area contributed by atoms with E-state index >= 15 is 0 Å². The van der Waals surface area contributed by atoms with Crippen molar-refractivity contribution in [1.29, 1.82) is 0 Å². The number of nitrogens with one attached hydrogen (secondary N) is 1. The zero-order valence-corrected chi connectivity index (χ0v) is 16.3. The number of aryl methyl sites for hydroxylation is 3. The van der Waals surface area contributed by atoms with Crippen LogP contribution in [0, 0.1) is 20.8 Å². The van der Waals surface area contributed by atoms with Crippen molar-refractivity contribution >= 4 is 27.7 Å². The number of likely N-dealkylation sites (N-methyl/N-ethyl adjacent to an activating group) is 1. The number of nitrogens with zero attached hydrogens (tertiary/aromatic N) is 1. The van der Waals surface area contributed by atoms with Crippen molar-refractivity contribution in [3.05, 3.63) is 70.1 Å². The first-order valence-corrected chi connectivity index (χ1v) is 9.76. The molecule has 0 spiro atoms. The SMILES string of the molecule is Cc1cc(C)c(NC(=O)CN(C)S(=O)(=O)/C=C/c2ccccc2)c(C)c1. The molecular weight excluding hydrogens is 348 g/mol. The molecule has 2 aromatic rings. The molecule has 0 saturated heterocycles. The number of amides is 1. The van der Waals surface area contributed by atoms with E-state index < -0.39 is 10.0 Å². The monoisotopic (exact) mass is 372 g/mol. The summed E-state index contributed by atoms with van der Waals surface area (Å²) in [5, 5.41) is 3.92. The van der Waals surface area contributed by atoms with Crippen LogP contribution in [0.15, 0.2) is 47.9 Å². The first kappa shape index (κ1) is 19.9. The first-order chi connectivity index (χ1) is 12.2. The molecule has 0 aromatic heterocycles. The third-order valence-corrected chi connectivity index (χ3v) is 5.45. The van der Waals surface area contributed by atoms with Gasteiger partial charge in [-0.1, -0.05) is 48.0 Å². The van der Waals surface area contributed by atoms with Gasteiger partial charge in [0.2, 0.25) is 15.9 Å². The van der Waals surface area contributed by atoms with Gasteiger partial charge in [-0.25, -0.2) is 8.42 Å². The minimum Gasteiger partial charge on any atom is -0.324 e. The van der Waals surface area contributed by atoms with Crippen LogP contribution in [0.1, 0.15) is 22.3 Å². The Labute approximate surface area is 155 Å². The Balaban J connectivity index is 2.05. The van der Waals surface area contributed by atoms with Crippen LogP contribution in [-0.2, 0) is 14.8 Å². The Hall–Kier alpha value is -2.44. The molecule has 138 valence electrons. The van der Waals surface area contributed by atoms with Crippen molar-refractivity contribution < 1.29 is 13.2 Å². The molecule has 0 radical (unpaired) electrons. The van der Waals surface area contributed by atoms with E-state index in [2.05, 4.69) is 5.32 Å². The van der Waals surface area contributed by atoms with Crippen molar-refractivity contribution in [3.8, 4) is 0 Å². The van der Waals surface area contributed by atoms with E-state index in [4.69, 9.17) is 0 Å². The summed E-state index contributed by atoms with van der Waals surface area (Å²) in [6.45, 7) is 5.57. The van der Waals surface area contributed by atoms with E-state index in [-0.39, 0.29) is 12.5 Å². The summed E-state index contributed by atoms with van der Waals surface area (Å²) >= 11 is 0. The van der Waals surface area contributed by atoms with Gasteiger partial charge in [0, 0.05) is 18.1 Å².